The van der Waals surface area contributed by atoms with Crippen LogP contribution in [0.2, 0.25) is 0 Å². The molecular weight excluding hydrogens is 867 g/mol. The summed E-state index contributed by atoms with van der Waals surface area (Å²) < 4.78 is 9.35. The molecular formula is C67H41NOS. The third kappa shape index (κ3) is 5.49. The predicted molar refractivity (Wildman–Crippen MR) is 292 cm³/mol. The first-order valence-corrected chi connectivity index (χ1v) is 24.9. The lowest BCUT2D eigenvalue weighted by Gasteiger charge is -2.36. The number of anilines is 3. The Bertz CT molecular complexity index is 4130. The molecule has 3 heteroatoms. The highest BCUT2D eigenvalue weighted by molar-refractivity contribution is 7.26. The fourth-order valence-electron chi connectivity index (χ4n) is 12.2. The SMILES string of the molecule is c1ccc(-c2ccccc2N(c2ccc3c(c2)-c2ccccc2Oc2ccccc2-3)c2ccc3c(c2)-c2ccccc2-c2ccccc2C32c3ccccc3-c3c2ccc2c3sc3ccccc32)cc1. The molecule has 0 bridgehead atoms. The van der Waals surface area contributed by atoms with Crippen LogP contribution in [0.25, 0.3) is 86.9 Å². The first-order valence-electron chi connectivity index (χ1n) is 24.1. The molecule has 15 rings (SSSR count). The number of ether oxygens (including phenoxy) is 1. The van der Waals surface area contributed by atoms with Crippen LogP contribution in [-0.4, -0.2) is 0 Å². The third-order valence-corrected chi connectivity index (χ3v) is 16.3. The standard InChI is InChI=1S/C67H41NOS/c1-2-18-42(19-3-1)45-20-8-14-30-61(45)68(43-34-36-48-50-24-9-15-31-62(50)69-63-32-16-10-25-51(63)55(48)40-43)44-35-38-59-56(41-44)47-22-5-4-21-46(47)49-23-6-12-28-57(49)67(59)58-29-13-7-27-54(58)65-60(67)39-37-53-52-26-11-17-33-64(52)70-66(53)65/h1-41H. The number of thiophene rings is 1. The molecule has 0 saturated heterocycles. The maximum atomic E-state index is 6.69. The predicted octanol–water partition coefficient (Wildman–Crippen LogP) is 18.6. The molecule has 2 aliphatic carbocycles. The Morgan fingerprint density at radius 1 is 0.329 bits per heavy atom. The normalized spacial score (nSPS) is 14.5. The van der Waals surface area contributed by atoms with Crippen LogP contribution in [0.15, 0.2) is 249 Å². The van der Waals surface area contributed by atoms with Crippen molar-refractivity contribution in [2.24, 2.45) is 0 Å². The van der Waals surface area contributed by atoms with Crippen molar-refractivity contribution in [1.29, 1.82) is 0 Å². The minimum Gasteiger partial charge on any atom is -0.456 e. The van der Waals surface area contributed by atoms with Crippen LogP contribution in [0.3, 0.4) is 0 Å². The maximum Gasteiger partial charge on any atom is 0.135 e. The van der Waals surface area contributed by atoms with Gasteiger partial charge in [0.15, 0.2) is 0 Å². The van der Waals surface area contributed by atoms with Gasteiger partial charge in [-0.05, 0) is 115 Å². The van der Waals surface area contributed by atoms with E-state index in [2.05, 4.69) is 254 Å². The molecule has 1 atom stereocenters. The first kappa shape index (κ1) is 39.3. The second-order valence-corrected chi connectivity index (χ2v) is 19.7. The number of benzene rings is 11. The summed E-state index contributed by atoms with van der Waals surface area (Å²) in [6.07, 6.45) is 0. The van der Waals surface area contributed by atoms with E-state index >= 15 is 0 Å². The lowest BCUT2D eigenvalue weighted by molar-refractivity contribution is 0.488. The fourth-order valence-corrected chi connectivity index (χ4v) is 13.5. The van der Waals surface area contributed by atoms with E-state index in [9.17, 15) is 0 Å². The Hall–Kier alpha value is -8.76. The first-order chi connectivity index (χ1) is 34.7. The molecule has 70 heavy (non-hydrogen) atoms. The number of rotatable bonds is 4. The molecule has 1 aliphatic heterocycles. The van der Waals surface area contributed by atoms with E-state index in [4.69, 9.17) is 4.74 Å². The van der Waals surface area contributed by atoms with Crippen molar-refractivity contribution in [1.82, 2.24) is 0 Å². The van der Waals surface area contributed by atoms with Gasteiger partial charge in [-0.15, -0.1) is 11.3 Å². The second-order valence-electron chi connectivity index (χ2n) is 18.6. The smallest absolute Gasteiger partial charge is 0.135 e. The molecule has 12 aromatic rings. The van der Waals surface area contributed by atoms with E-state index in [0.29, 0.717) is 0 Å². The minimum absolute atomic E-state index is 0.617. The topological polar surface area (TPSA) is 12.5 Å². The van der Waals surface area contributed by atoms with E-state index in [-0.39, 0.29) is 0 Å². The van der Waals surface area contributed by atoms with E-state index in [1.54, 1.807) is 0 Å². The van der Waals surface area contributed by atoms with Crippen LogP contribution in [0.5, 0.6) is 11.5 Å². The highest BCUT2D eigenvalue weighted by Crippen LogP contribution is 2.64. The number of nitrogens with zero attached hydrogens (tertiary/aromatic N) is 1. The van der Waals surface area contributed by atoms with Gasteiger partial charge >= 0.3 is 0 Å². The molecule has 1 aromatic heterocycles. The summed E-state index contributed by atoms with van der Waals surface area (Å²) in [5.41, 5.74) is 22.1. The third-order valence-electron chi connectivity index (χ3n) is 15.1. The molecule has 2 nitrogen and oxygen atoms in total. The fraction of sp³-hybridized carbons (Fsp3) is 0.0149. The molecule has 0 fully saturated rings. The highest BCUT2D eigenvalue weighted by Gasteiger charge is 2.50. The Labute approximate surface area is 410 Å². The summed E-state index contributed by atoms with van der Waals surface area (Å²) in [5.74, 6) is 1.70. The molecule has 0 radical (unpaired) electrons. The van der Waals surface area contributed by atoms with E-state index < -0.39 is 5.41 Å². The molecule has 0 amide bonds. The summed E-state index contributed by atoms with van der Waals surface area (Å²) in [4.78, 5) is 2.48. The van der Waals surface area contributed by atoms with Crippen LogP contribution < -0.4 is 9.64 Å². The van der Waals surface area contributed by atoms with Crippen molar-refractivity contribution in [3.8, 4) is 78.3 Å². The van der Waals surface area contributed by atoms with Crippen LogP contribution in [0.4, 0.5) is 17.1 Å². The van der Waals surface area contributed by atoms with Gasteiger partial charge in [-0.2, -0.15) is 0 Å². The molecule has 0 N–H and O–H groups in total. The molecule has 0 saturated carbocycles. The Morgan fingerprint density at radius 2 is 0.843 bits per heavy atom. The van der Waals surface area contributed by atoms with Gasteiger partial charge in [-0.25, -0.2) is 0 Å². The van der Waals surface area contributed by atoms with Gasteiger partial charge in [0.1, 0.15) is 11.5 Å². The summed E-state index contributed by atoms with van der Waals surface area (Å²) in [5, 5.41) is 2.63. The van der Waals surface area contributed by atoms with E-state index in [1.165, 1.54) is 75.8 Å². The van der Waals surface area contributed by atoms with Crippen molar-refractivity contribution in [2.45, 2.75) is 5.41 Å². The van der Waals surface area contributed by atoms with E-state index in [0.717, 1.165) is 61.9 Å². The average molecular weight is 908 g/mol. The van der Waals surface area contributed by atoms with E-state index in [1.807, 2.05) is 11.3 Å². The van der Waals surface area contributed by atoms with Gasteiger partial charge in [0.2, 0.25) is 0 Å². The molecule has 2 heterocycles. The highest BCUT2D eigenvalue weighted by atomic mass is 32.1. The van der Waals surface area contributed by atoms with Crippen molar-refractivity contribution < 1.29 is 4.74 Å². The number of hydrogen-bond acceptors (Lipinski definition) is 3. The second kappa shape index (κ2) is 15.1. The number of fused-ring (bicyclic) bond motifs is 21. The quantitative estimate of drug-likeness (QED) is 0.174. The lowest BCUT2D eigenvalue weighted by atomic mass is 9.66. The Kier molecular flexibility index (Phi) is 8.48. The number of hydrogen-bond donors (Lipinski definition) is 0. The average Bonchev–Trinajstić information content (AvgIpc) is 3.87. The van der Waals surface area contributed by atoms with Crippen molar-refractivity contribution in [3.05, 3.63) is 271 Å². The minimum atomic E-state index is -0.617. The van der Waals surface area contributed by atoms with Gasteiger partial charge in [-0.1, -0.05) is 200 Å². The zero-order valence-electron chi connectivity index (χ0n) is 37.9. The van der Waals surface area contributed by atoms with Crippen molar-refractivity contribution in [3.63, 3.8) is 0 Å². The van der Waals surface area contributed by atoms with Crippen LogP contribution in [0, 0.1) is 0 Å². The summed E-state index contributed by atoms with van der Waals surface area (Å²) >= 11 is 1.92. The van der Waals surface area contributed by atoms with Gasteiger partial charge < -0.3 is 9.64 Å². The molecule has 3 aliphatic rings. The molecule has 1 unspecified atom stereocenters. The molecule has 326 valence electrons. The van der Waals surface area contributed by atoms with Crippen LogP contribution >= 0.6 is 11.3 Å². The maximum absolute atomic E-state index is 6.69. The van der Waals surface area contributed by atoms with Gasteiger partial charge in [0.25, 0.3) is 0 Å². The zero-order valence-corrected chi connectivity index (χ0v) is 38.8. The van der Waals surface area contributed by atoms with Gasteiger partial charge in [0, 0.05) is 53.8 Å². The summed E-state index contributed by atoms with van der Waals surface area (Å²) in [6.45, 7) is 0. The van der Waals surface area contributed by atoms with Gasteiger partial charge in [-0.3, -0.25) is 0 Å². The van der Waals surface area contributed by atoms with Crippen molar-refractivity contribution >= 4 is 48.6 Å². The largest absolute Gasteiger partial charge is 0.456 e. The molecule has 1 spiro atoms. The summed E-state index contributed by atoms with van der Waals surface area (Å²) in [6, 6.07) is 92.0. The van der Waals surface area contributed by atoms with Crippen molar-refractivity contribution in [2.75, 3.05) is 4.90 Å². The monoisotopic (exact) mass is 907 g/mol. The number of para-hydroxylation sites is 3. The lowest BCUT2D eigenvalue weighted by Crippen LogP contribution is -2.29. The molecule has 11 aromatic carbocycles. The van der Waals surface area contributed by atoms with Gasteiger partial charge in [0.05, 0.1) is 11.1 Å². The zero-order chi connectivity index (χ0) is 45.9. The van der Waals surface area contributed by atoms with Crippen LogP contribution in [-0.2, 0) is 5.41 Å². The summed E-state index contributed by atoms with van der Waals surface area (Å²) in [7, 11) is 0. The Morgan fingerprint density at radius 3 is 1.61 bits per heavy atom. The van der Waals surface area contributed by atoms with Crippen LogP contribution in [0.1, 0.15) is 22.3 Å². The Balaban J connectivity index is 1.04.